The molecule has 19 heavy (non-hydrogen) atoms. The molecule has 3 nitrogen and oxygen atoms in total. The molecule has 0 amide bonds. The first-order valence-corrected chi connectivity index (χ1v) is 7.79. The van der Waals surface area contributed by atoms with Crippen molar-refractivity contribution in [3.05, 3.63) is 0 Å². The molecule has 1 aliphatic rings. The van der Waals surface area contributed by atoms with Crippen molar-refractivity contribution in [3.63, 3.8) is 0 Å². The van der Waals surface area contributed by atoms with Crippen LogP contribution in [-0.4, -0.2) is 36.6 Å². The van der Waals surface area contributed by atoms with E-state index in [1.165, 1.54) is 38.9 Å². The van der Waals surface area contributed by atoms with E-state index >= 15 is 0 Å². The summed E-state index contributed by atoms with van der Waals surface area (Å²) in [5.74, 6) is 0. The first kappa shape index (κ1) is 16.5. The summed E-state index contributed by atoms with van der Waals surface area (Å²) < 4.78 is 0. The summed E-state index contributed by atoms with van der Waals surface area (Å²) in [5, 5.41) is 12.5. The van der Waals surface area contributed by atoms with Crippen molar-refractivity contribution in [2.45, 2.75) is 65.3 Å². The molecular formula is C16H31N3. The van der Waals surface area contributed by atoms with E-state index in [9.17, 15) is 5.26 Å². The third-order valence-corrected chi connectivity index (χ3v) is 4.42. The lowest BCUT2D eigenvalue weighted by atomic mass is 9.82. The second-order valence-corrected chi connectivity index (χ2v) is 6.94. The fraction of sp³-hybridized carbons (Fsp3) is 0.938. The highest BCUT2D eigenvalue weighted by molar-refractivity contribution is 5.03. The van der Waals surface area contributed by atoms with E-state index in [0.717, 1.165) is 19.4 Å². The maximum absolute atomic E-state index is 9.20. The molecule has 110 valence electrons. The van der Waals surface area contributed by atoms with Gasteiger partial charge >= 0.3 is 0 Å². The largest absolute Gasteiger partial charge is 0.303 e. The molecule has 0 bridgehead atoms. The molecule has 3 heteroatoms. The van der Waals surface area contributed by atoms with Crippen molar-refractivity contribution in [1.82, 2.24) is 10.2 Å². The van der Waals surface area contributed by atoms with Crippen LogP contribution in [0, 0.1) is 16.7 Å². The number of nitriles is 1. The highest BCUT2D eigenvalue weighted by Crippen LogP contribution is 2.29. The van der Waals surface area contributed by atoms with Crippen LogP contribution in [0.4, 0.5) is 0 Å². The van der Waals surface area contributed by atoms with Gasteiger partial charge < -0.3 is 4.90 Å². The quantitative estimate of drug-likeness (QED) is 0.719. The number of nitrogens with one attached hydrogen (secondary N) is 1. The zero-order valence-electron chi connectivity index (χ0n) is 13.3. The summed E-state index contributed by atoms with van der Waals surface area (Å²) in [6, 6.07) is 2.40. The van der Waals surface area contributed by atoms with Gasteiger partial charge in [0.05, 0.1) is 6.07 Å². The standard InChI is InChI=1S/C16H31N3/c1-5-18-16(4,14-17)8-6-7-11-19-12-9-15(2,3)10-13-19/h18H,5-13H2,1-4H3. The van der Waals surface area contributed by atoms with Crippen LogP contribution in [0.3, 0.4) is 0 Å². The van der Waals surface area contributed by atoms with Crippen molar-refractivity contribution >= 4 is 0 Å². The van der Waals surface area contributed by atoms with Gasteiger partial charge in [-0.1, -0.05) is 20.8 Å². The average molecular weight is 265 g/mol. The van der Waals surface area contributed by atoms with Crippen LogP contribution in [0.2, 0.25) is 0 Å². The summed E-state index contributed by atoms with van der Waals surface area (Å²) in [5.41, 5.74) is 0.208. The third kappa shape index (κ3) is 5.93. The van der Waals surface area contributed by atoms with Gasteiger partial charge in [-0.15, -0.1) is 0 Å². The lowest BCUT2D eigenvalue weighted by Gasteiger charge is -2.37. The summed E-state index contributed by atoms with van der Waals surface area (Å²) in [6.07, 6.45) is 5.94. The fourth-order valence-electron chi connectivity index (χ4n) is 2.77. The fourth-order valence-corrected chi connectivity index (χ4v) is 2.77. The Morgan fingerprint density at radius 3 is 2.42 bits per heavy atom. The van der Waals surface area contributed by atoms with Gasteiger partial charge in [-0.25, -0.2) is 0 Å². The van der Waals surface area contributed by atoms with Crippen LogP contribution < -0.4 is 5.32 Å². The second-order valence-electron chi connectivity index (χ2n) is 6.94. The first-order chi connectivity index (χ1) is 8.91. The number of likely N-dealkylation sites (tertiary alicyclic amines) is 1. The SMILES string of the molecule is CCNC(C)(C#N)CCCCN1CCC(C)(C)CC1. The molecule has 1 fully saturated rings. The van der Waals surface area contributed by atoms with E-state index < -0.39 is 0 Å². The molecule has 1 atom stereocenters. The minimum Gasteiger partial charge on any atom is -0.303 e. The summed E-state index contributed by atoms with van der Waals surface area (Å²) >= 11 is 0. The first-order valence-electron chi connectivity index (χ1n) is 7.79. The van der Waals surface area contributed by atoms with Gasteiger partial charge in [-0.3, -0.25) is 5.32 Å². The van der Waals surface area contributed by atoms with Gasteiger partial charge in [-0.2, -0.15) is 5.26 Å². The van der Waals surface area contributed by atoms with Gasteiger partial charge in [-0.05, 0) is 70.6 Å². The van der Waals surface area contributed by atoms with Crippen LogP contribution in [0.15, 0.2) is 0 Å². The van der Waals surface area contributed by atoms with E-state index in [1.54, 1.807) is 0 Å². The third-order valence-electron chi connectivity index (χ3n) is 4.42. The Labute approximate surface area is 119 Å². The number of piperidine rings is 1. The molecule has 1 N–H and O–H groups in total. The monoisotopic (exact) mass is 265 g/mol. The van der Waals surface area contributed by atoms with E-state index in [4.69, 9.17) is 0 Å². The Bertz CT molecular complexity index is 296. The Morgan fingerprint density at radius 1 is 1.26 bits per heavy atom. The van der Waals surface area contributed by atoms with Crippen LogP contribution in [0.5, 0.6) is 0 Å². The number of rotatable bonds is 7. The van der Waals surface area contributed by atoms with Gasteiger partial charge in [0, 0.05) is 0 Å². The van der Waals surface area contributed by atoms with Crippen LogP contribution in [0.25, 0.3) is 0 Å². The van der Waals surface area contributed by atoms with Crippen molar-refractivity contribution in [3.8, 4) is 6.07 Å². The molecule has 1 aliphatic heterocycles. The molecule has 1 heterocycles. The van der Waals surface area contributed by atoms with Gasteiger partial charge in [0.15, 0.2) is 0 Å². The van der Waals surface area contributed by atoms with E-state index in [1.807, 2.05) is 6.92 Å². The lowest BCUT2D eigenvalue weighted by Crippen LogP contribution is -2.41. The summed E-state index contributed by atoms with van der Waals surface area (Å²) in [6.45, 7) is 13.4. The molecule has 0 spiro atoms. The maximum Gasteiger partial charge on any atom is 0.103 e. The average Bonchev–Trinajstić information content (AvgIpc) is 2.37. The normalized spacial score (nSPS) is 22.7. The zero-order valence-corrected chi connectivity index (χ0v) is 13.3. The van der Waals surface area contributed by atoms with Crippen molar-refractivity contribution in [1.29, 1.82) is 5.26 Å². The minimum absolute atomic E-state index is 0.335. The lowest BCUT2D eigenvalue weighted by molar-refractivity contribution is 0.130. The van der Waals surface area contributed by atoms with Crippen molar-refractivity contribution < 1.29 is 0 Å². The van der Waals surface area contributed by atoms with Gasteiger partial charge in [0.2, 0.25) is 0 Å². The molecule has 0 aromatic heterocycles. The minimum atomic E-state index is -0.335. The van der Waals surface area contributed by atoms with Crippen molar-refractivity contribution in [2.75, 3.05) is 26.2 Å². The molecular weight excluding hydrogens is 234 g/mol. The van der Waals surface area contributed by atoms with Gasteiger partial charge in [0.1, 0.15) is 5.54 Å². The molecule has 1 unspecified atom stereocenters. The van der Waals surface area contributed by atoms with E-state index in [0.29, 0.717) is 5.41 Å². The molecule has 0 aromatic rings. The predicted octanol–water partition coefficient (Wildman–Crippen LogP) is 3.17. The Morgan fingerprint density at radius 2 is 1.89 bits per heavy atom. The van der Waals surface area contributed by atoms with Crippen LogP contribution >= 0.6 is 0 Å². The Balaban J connectivity index is 2.16. The Kier molecular flexibility index (Phi) is 6.29. The van der Waals surface area contributed by atoms with Crippen LogP contribution in [-0.2, 0) is 0 Å². The molecule has 0 aliphatic carbocycles. The molecule has 1 rings (SSSR count). The second kappa shape index (κ2) is 7.26. The summed E-state index contributed by atoms with van der Waals surface area (Å²) in [7, 11) is 0. The van der Waals surface area contributed by atoms with E-state index in [2.05, 4.69) is 37.1 Å². The Hall–Kier alpha value is -0.590. The zero-order chi connectivity index (χ0) is 14.4. The number of hydrogen-bond donors (Lipinski definition) is 1. The number of nitrogens with zero attached hydrogens (tertiary/aromatic N) is 2. The molecule has 0 radical (unpaired) electrons. The molecule has 0 saturated carbocycles. The molecule has 0 aromatic carbocycles. The predicted molar refractivity (Wildman–Crippen MR) is 81.0 cm³/mol. The highest BCUT2D eigenvalue weighted by Gasteiger charge is 2.25. The highest BCUT2D eigenvalue weighted by atomic mass is 15.1. The number of unbranched alkanes of at least 4 members (excludes halogenated alkanes) is 1. The molecule has 1 saturated heterocycles. The maximum atomic E-state index is 9.20. The summed E-state index contributed by atoms with van der Waals surface area (Å²) in [4.78, 5) is 2.59. The van der Waals surface area contributed by atoms with E-state index in [-0.39, 0.29) is 5.54 Å². The smallest absolute Gasteiger partial charge is 0.103 e. The van der Waals surface area contributed by atoms with Crippen LogP contribution in [0.1, 0.15) is 59.8 Å². The number of hydrogen-bond acceptors (Lipinski definition) is 3. The van der Waals surface area contributed by atoms with Crippen molar-refractivity contribution in [2.24, 2.45) is 5.41 Å². The topological polar surface area (TPSA) is 39.1 Å². The van der Waals surface area contributed by atoms with Gasteiger partial charge in [0.25, 0.3) is 0 Å².